The van der Waals surface area contributed by atoms with Crippen LogP contribution in [0.3, 0.4) is 0 Å². The second-order valence-corrected chi connectivity index (χ2v) is 3.06. The molecule has 0 aliphatic rings. The molecule has 60 valence electrons. The van der Waals surface area contributed by atoms with E-state index >= 15 is 0 Å². The number of hydrogen-bond acceptors (Lipinski definition) is 2. The number of alkyl halides is 1. The predicted molar refractivity (Wildman–Crippen MR) is 40.1 cm³/mol. The molecule has 3 nitrogen and oxygen atoms in total. The summed E-state index contributed by atoms with van der Waals surface area (Å²) in [6.45, 7) is 3.67. The zero-order valence-corrected chi connectivity index (χ0v) is 6.80. The van der Waals surface area contributed by atoms with Crippen molar-refractivity contribution in [3.8, 4) is 0 Å². The summed E-state index contributed by atoms with van der Waals surface area (Å²) >= 11 is 5.66. The third-order valence-corrected chi connectivity index (χ3v) is 2.04. The van der Waals surface area contributed by atoms with Crippen LogP contribution in [0.4, 0.5) is 0 Å². The van der Waals surface area contributed by atoms with E-state index in [1.165, 1.54) is 0 Å². The molecular formula is C6H12ClNO2. The van der Waals surface area contributed by atoms with Gasteiger partial charge in [-0.2, -0.15) is 0 Å². The van der Waals surface area contributed by atoms with Crippen molar-refractivity contribution < 1.29 is 9.90 Å². The van der Waals surface area contributed by atoms with Gasteiger partial charge in [0.25, 0.3) is 0 Å². The van der Waals surface area contributed by atoms with E-state index in [9.17, 15) is 4.79 Å². The number of rotatable bonds is 3. The van der Waals surface area contributed by atoms with Crippen LogP contribution in [0.25, 0.3) is 0 Å². The minimum atomic E-state index is -1.05. The Kier molecular flexibility index (Phi) is 3.68. The molecule has 2 atom stereocenters. The zero-order chi connectivity index (χ0) is 8.31. The zero-order valence-electron chi connectivity index (χ0n) is 6.04. The van der Waals surface area contributed by atoms with Crippen molar-refractivity contribution in [3.63, 3.8) is 0 Å². The van der Waals surface area contributed by atoms with Crippen LogP contribution in [-0.2, 0) is 4.79 Å². The molecule has 0 aromatic rings. The number of carboxylic acids is 1. The fourth-order valence-electron chi connectivity index (χ4n) is 0.551. The van der Waals surface area contributed by atoms with E-state index in [4.69, 9.17) is 22.4 Å². The Morgan fingerprint density at radius 2 is 2.00 bits per heavy atom. The molecule has 0 aromatic heterocycles. The Hall–Kier alpha value is -0.280. The highest BCUT2D eigenvalue weighted by molar-refractivity contribution is 6.22. The summed E-state index contributed by atoms with van der Waals surface area (Å²) in [5, 5.41) is 7.90. The van der Waals surface area contributed by atoms with E-state index in [0.29, 0.717) is 0 Å². The third-order valence-electron chi connectivity index (χ3n) is 1.27. The van der Waals surface area contributed by atoms with Crippen LogP contribution in [0.15, 0.2) is 0 Å². The number of carboxylic acid groups (broad SMARTS) is 1. The number of aliphatic carboxylic acids is 1. The first kappa shape index (κ1) is 9.72. The quantitative estimate of drug-likeness (QED) is 0.604. The molecule has 0 fully saturated rings. The Balaban J connectivity index is 3.94. The molecule has 0 saturated heterocycles. The summed E-state index contributed by atoms with van der Waals surface area (Å²) in [4.78, 5) is 10.2. The molecule has 0 aromatic carbocycles. The first-order valence-electron chi connectivity index (χ1n) is 3.09. The highest BCUT2D eigenvalue weighted by Crippen LogP contribution is 2.12. The fourth-order valence-corrected chi connectivity index (χ4v) is 0.659. The molecule has 0 radical (unpaired) electrons. The molecule has 0 aliphatic carbocycles. The maximum Gasteiger partial charge on any atom is 0.322 e. The van der Waals surface area contributed by atoms with E-state index in [0.717, 1.165) is 0 Å². The topological polar surface area (TPSA) is 63.3 Å². The molecule has 0 unspecified atom stereocenters. The lowest BCUT2D eigenvalue weighted by atomic mass is 10.0. The molecule has 4 heteroatoms. The standard InChI is InChI=1S/C6H12ClNO2/c1-3(2)4(7)5(8)6(9)10/h3-5H,8H2,1-2H3,(H,9,10)/t4-,5+/m0/s1. The number of halogens is 1. The third kappa shape index (κ3) is 2.54. The molecule has 0 heterocycles. The van der Waals surface area contributed by atoms with Gasteiger partial charge in [-0.25, -0.2) is 0 Å². The van der Waals surface area contributed by atoms with Gasteiger partial charge >= 0.3 is 5.97 Å². The van der Waals surface area contributed by atoms with E-state index < -0.39 is 17.4 Å². The van der Waals surface area contributed by atoms with Crippen molar-refractivity contribution in [2.24, 2.45) is 11.7 Å². The molecular weight excluding hydrogens is 154 g/mol. The molecule has 0 aliphatic heterocycles. The van der Waals surface area contributed by atoms with Crippen molar-refractivity contribution in [2.45, 2.75) is 25.3 Å². The molecule has 3 N–H and O–H groups in total. The SMILES string of the molecule is CC(C)[C@H](Cl)[C@@H](N)C(=O)O. The summed E-state index contributed by atoms with van der Waals surface area (Å²) in [5.41, 5.74) is 5.23. The average Bonchev–Trinajstić information content (AvgIpc) is 1.84. The largest absolute Gasteiger partial charge is 0.480 e. The van der Waals surface area contributed by atoms with E-state index in [-0.39, 0.29) is 5.92 Å². The van der Waals surface area contributed by atoms with Gasteiger partial charge < -0.3 is 10.8 Å². The van der Waals surface area contributed by atoms with Crippen molar-refractivity contribution >= 4 is 17.6 Å². The minimum absolute atomic E-state index is 0.0905. The van der Waals surface area contributed by atoms with Gasteiger partial charge in [-0.1, -0.05) is 13.8 Å². The first-order chi connectivity index (χ1) is 4.46. The monoisotopic (exact) mass is 165 g/mol. The Morgan fingerprint density at radius 3 is 2.10 bits per heavy atom. The van der Waals surface area contributed by atoms with Crippen LogP contribution < -0.4 is 5.73 Å². The van der Waals surface area contributed by atoms with E-state index in [1.807, 2.05) is 13.8 Å². The Bertz CT molecular complexity index is 127. The molecule has 0 spiro atoms. The van der Waals surface area contributed by atoms with Crippen LogP contribution in [0.2, 0.25) is 0 Å². The summed E-state index contributed by atoms with van der Waals surface area (Å²) in [7, 11) is 0. The van der Waals surface area contributed by atoms with Gasteiger partial charge in [0, 0.05) is 0 Å². The molecule has 0 saturated carbocycles. The number of hydrogen-bond donors (Lipinski definition) is 2. The maximum atomic E-state index is 10.2. The van der Waals surface area contributed by atoms with E-state index in [1.54, 1.807) is 0 Å². The lowest BCUT2D eigenvalue weighted by Gasteiger charge is -2.16. The van der Waals surface area contributed by atoms with E-state index in [2.05, 4.69) is 0 Å². The predicted octanol–water partition coefficient (Wildman–Crippen LogP) is 0.662. The van der Waals surface area contributed by atoms with Gasteiger partial charge in [-0.3, -0.25) is 4.79 Å². The van der Waals surface area contributed by atoms with Gasteiger partial charge in [-0.05, 0) is 5.92 Å². The summed E-state index contributed by atoms with van der Waals surface area (Å²) in [6, 6.07) is -0.957. The minimum Gasteiger partial charge on any atom is -0.480 e. The normalized spacial score (nSPS) is 16.9. The molecule has 0 rings (SSSR count). The van der Waals surface area contributed by atoms with Crippen LogP contribution in [0, 0.1) is 5.92 Å². The molecule has 10 heavy (non-hydrogen) atoms. The van der Waals surface area contributed by atoms with Gasteiger partial charge in [0.05, 0.1) is 5.38 Å². The fraction of sp³-hybridized carbons (Fsp3) is 0.833. The van der Waals surface area contributed by atoms with Crippen LogP contribution in [0.1, 0.15) is 13.8 Å². The van der Waals surface area contributed by atoms with Gasteiger partial charge in [0.15, 0.2) is 0 Å². The van der Waals surface area contributed by atoms with Crippen molar-refractivity contribution in [3.05, 3.63) is 0 Å². The summed E-state index contributed by atoms with van der Waals surface area (Å²) in [5.74, 6) is -0.957. The highest BCUT2D eigenvalue weighted by Gasteiger charge is 2.24. The highest BCUT2D eigenvalue weighted by atomic mass is 35.5. The average molecular weight is 166 g/mol. The smallest absolute Gasteiger partial charge is 0.322 e. The number of carbonyl (C=O) groups is 1. The Morgan fingerprint density at radius 1 is 1.60 bits per heavy atom. The summed E-state index contributed by atoms with van der Waals surface area (Å²) < 4.78 is 0. The second kappa shape index (κ2) is 3.78. The van der Waals surface area contributed by atoms with Crippen LogP contribution >= 0.6 is 11.6 Å². The van der Waals surface area contributed by atoms with Gasteiger partial charge in [0.1, 0.15) is 6.04 Å². The summed E-state index contributed by atoms with van der Waals surface area (Å²) in [6.07, 6.45) is 0. The molecule has 0 bridgehead atoms. The van der Waals surface area contributed by atoms with Crippen molar-refractivity contribution in [1.82, 2.24) is 0 Å². The van der Waals surface area contributed by atoms with Crippen molar-refractivity contribution in [1.29, 1.82) is 0 Å². The lowest BCUT2D eigenvalue weighted by Crippen LogP contribution is -2.41. The number of nitrogens with two attached hydrogens (primary N) is 1. The van der Waals surface area contributed by atoms with Crippen LogP contribution in [-0.4, -0.2) is 22.5 Å². The Labute approximate surface area is 65.2 Å². The van der Waals surface area contributed by atoms with Crippen LogP contribution in [0.5, 0.6) is 0 Å². The lowest BCUT2D eigenvalue weighted by molar-refractivity contribution is -0.138. The first-order valence-corrected chi connectivity index (χ1v) is 3.53. The second-order valence-electron chi connectivity index (χ2n) is 2.55. The van der Waals surface area contributed by atoms with Gasteiger partial charge in [0.2, 0.25) is 0 Å². The van der Waals surface area contributed by atoms with Crippen molar-refractivity contribution in [2.75, 3.05) is 0 Å². The molecule has 0 amide bonds. The van der Waals surface area contributed by atoms with Gasteiger partial charge in [-0.15, -0.1) is 11.6 Å². The maximum absolute atomic E-state index is 10.2.